The average Bonchev–Trinajstić information content (AvgIpc) is 2.23. The van der Waals surface area contributed by atoms with Crippen molar-refractivity contribution in [2.45, 2.75) is 26.8 Å². The van der Waals surface area contributed by atoms with Gasteiger partial charge in [-0.15, -0.1) is 0 Å². The highest BCUT2D eigenvalue weighted by Crippen LogP contribution is 2.18. The van der Waals surface area contributed by atoms with Crippen LogP contribution in [-0.4, -0.2) is 18.5 Å². The Labute approximate surface area is 106 Å². The maximum absolute atomic E-state index is 13.0. The largest absolute Gasteiger partial charge is 0.302 e. The van der Waals surface area contributed by atoms with Crippen LogP contribution in [0.5, 0.6) is 0 Å². The van der Waals surface area contributed by atoms with Gasteiger partial charge >= 0.3 is 0 Å². The molecule has 1 atom stereocenters. The molecule has 0 bridgehead atoms. The Morgan fingerprint density at radius 2 is 2.12 bits per heavy atom. The summed E-state index contributed by atoms with van der Waals surface area (Å²) in [6, 6.07) is 5.20. The zero-order valence-corrected chi connectivity index (χ0v) is 11.7. The number of nitrogens with zero attached hydrogens (tertiary/aromatic N) is 1. The first-order valence-electron chi connectivity index (χ1n) is 5.65. The Bertz CT molecular complexity index is 341. The molecule has 1 aromatic rings. The predicted molar refractivity (Wildman–Crippen MR) is 69.9 cm³/mol. The van der Waals surface area contributed by atoms with Gasteiger partial charge in [-0.05, 0) is 46.6 Å². The van der Waals surface area contributed by atoms with E-state index in [0.29, 0.717) is 10.4 Å². The van der Waals surface area contributed by atoms with Gasteiger partial charge in [0, 0.05) is 13.1 Å². The molecule has 0 heterocycles. The summed E-state index contributed by atoms with van der Waals surface area (Å²) in [5, 5.41) is 0. The maximum atomic E-state index is 13.0. The summed E-state index contributed by atoms with van der Waals surface area (Å²) in [6.07, 6.45) is 1.19. The number of hydrogen-bond donors (Lipinski definition) is 0. The molecule has 0 N–H and O–H groups in total. The van der Waals surface area contributed by atoms with Gasteiger partial charge in [-0.3, -0.25) is 0 Å². The quantitative estimate of drug-likeness (QED) is 0.789. The second kappa shape index (κ2) is 6.36. The Kier molecular flexibility index (Phi) is 5.42. The van der Waals surface area contributed by atoms with Gasteiger partial charge in [0.25, 0.3) is 0 Å². The molecule has 0 spiro atoms. The highest BCUT2D eigenvalue weighted by Gasteiger charge is 2.06. The smallest absolute Gasteiger partial charge is 0.137 e. The Morgan fingerprint density at radius 3 is 2.69 bits per heavy atom. The first-order chi connectivity index (χ1) is 7.52. The summed E-state index contributed by atoms with van der Waals surface area (Å²) >= 11 is 3.21. The van der Waals surface area contributed by atoms with Crippen LogP contribution in [0.25, 0.3) is 0 Å². The van der Waals surface area contributed by atoms with Gasteiger partial charge in [0.1, 0.15) is 5.82 Å². The van der Waals surface area contributed by atoms with Crippen molar-refractivity contribution in [3.63, 3.8) is 0 Å². The van der Waals surface area contributed by atoms with Crippen LogP contribution in [-0.2, 0) is 6.54 Å². The number of halogens is 2. The Hall–Kier alpha value is -0.410. The van der Waals surface area contributed by atoms with Crippen molar-refractivity contribution in [2.24, 2.45) is 5.92 Å². The molecule has 1 rings (SSSR count). The van der Waals surface area contributed by atoms with Crippen LogP contribution in [0.4, 0.5) is 4.39 Å². The van der Waals surface area contributed by atoms with E-state index in [1.807, 2.05) is 12.1 Å². The number of hydrogen-bond acceptors (Lipinski definition) is 1. The van der Waals surface area contributed by atoms with E-state index >= 15 is 0 Å². The molecule has 90 valence electrons. The summed E-state index contributed by atoms with van der Waals surface area (Å²) in [4.78, 5) is 2.27. The van der Waals surface area contributed by atoms with Crippen LogP contribution in [0.2, 0.25) is 0 Å². The van der Waals surface area contributed by atoms with E-state index in [4.69, 9.17) is 0 Å². The minimum Gasteiger partial charge on any atom is -0.302 e. The minimum atomic E-state index is -0.201. The van der Waals surface area contributed by atoms with Crippen LogP contribution in [0.3, 0.4) is 0 Å². The van der Waals surface area contributed by atoms with Crippen molar-refractivity contribution >= 4 is 15.9 Å². The molecular formula is C13H19BrFN. The van der Waals surface area contributed by atoms with Crippen LogP contribution in [0.15, 0.2) is 22.7 Å². The fourth-order valence-corrected chi connectivity index (χ4v) is 2.10. The molecule has 1 unspecified atom stereocenters. The van der Waals surface area contributed by atoms with E-state index in [2.05, 4.69) is 41.7 Å². The van der Waals surface area contributed by atoms with Crippen LogP contribution < -0.4 is 0 Å². The number of rotatable bonds is 5. The molecule has 0 aromatic heterocycles. The second-order valence-corrected chi connectivity index (χ2v) is 5.31. The van der Waals surface area contributed by atoms with Gasteiger partial charge in [-0.2, -0.15) is 0 Å². The lowest BCUT2D eigenvalue weighted by Gasteiger charge is -2.20. The van der Waals surface area contributed by atoms with E-state index < -0.39 is 0 Å². The lowest BCUT2D eigenvalue weighted by atomic mass is 10.1. The monoisotopic (exact) mass is 287 g/mol. The summed E-state index contributed by atoms with van der Waals surface area (Å²) < 4.78 is 13.6. The van der Waals surface area contributed by atoms with E-state index in [1.165, 1.54) is 12.5 Å². The first-order valence-corrected chi connectivity index (χ1v) is 6.44. The zero-order chi connectivity index (χ0) is 12.1. The highest BCUT2D eigenvalue weighted by atomic mass is 79.9. The molecule has 3 heteroatoms. The van der Waals surface area contributed by atoms with Crippen molar-refractivity contribution in [3.05, 3.63) is 34.1 Å². The molecule has 16 heavy (non-hydrogen) atoms. The fraction of sp³-hybridized carbons (Fsp3) is 0.538. The van der Waals surface area contributed by atoms with Crippen molar-refractivity contribution in [1.82, 2.24) is 4.90 Å². The van der Waals surface area contributed by atoms with Crippen LogP contribution in [0.1, 0.15) is 25.8 Å². The Balaban J connectivity index is 2.56. The summed E-state index contributed by atoms with van der Waals surface area (Å²) in [5.74, 6) is 0.502. The van der Waals surface area contributed by atoms with Crippen molar-refractivity contribution in [3.8, 4) is 0 Å². The third-order valence-electron chi connectivity index (χ3n) is 2.76. The maximum Gasteiger partial charge on any atom is 0.137 e. The summed E-state index contributed by atoms with van der Waals surface area (Å²) in [7, 11) is 2.10. The summed E-state index contributed by atoms with van der Waals surface area (Å²) in [5.41, 5.74) is 1.14. The molecule has 0 radical (unpaired) electrons. The van der Waals surface area contributed by atoms with Crippen molar-refractivity contribution in [2.75, 3.05) is 13.6 Å². The second-order valence-electron chi connectivity index (χ2n) is 4.46. The number of benzene rings is 1. The van der Waals surface area contributed by atoms with Gasteiger partial charge < -0.3 is 4.90 Å². The summed E-state index contributed by atoms with van der Waals surface area (Å²) in [6.45, 7) is 6.39. The highest BCUT2D eigenvalue weighted by molar-refractivity contribution is 9.10. The Morgan fingerprint density at radius 1 is 1.44 bits per heavy atom. The van der Waals surface area contributed by atoms with Crippen molar-refractivity contribution in [1.29, 1.82) is 0 Å². The lowest BCUT2D eigenvalue weighted by molar-refractivity contribution is 0.275. The van der Waals surface area contributed by atoms with E-state index in [9.17, 15) is 4.39 Å². The zero-order valence-electron chi connectivity index (χ0n) is 10.1. The molecule has 0 saturated carbocycles. The van der Waals surface area contributed by atoms with Gasteiger partial charge in [0.05, 0.1) is 4.47 Å². The average molecular weight is 288 g/mol. The molecule has 1 aromatic carbocycles. The molecule has 0 aliphatic heterocycles. The van der Waals surface area contributed by atoms with Crippen LogP contribution in [0, 0.1) is 11.7 Å². The van der Waals surface area contributed by atoms with E-state index in [0.717, 1.165) is 18.7 Å². The normalized spacial score (nSPS) is 13.1. The molecule has 0 aliphatic carbocycles. The fourth-order valence-electron chi connectivity index (χ4n) is 1.68. The van der Waals surface area contributed by atoms with Crippen molar-refractivity contribution < 1.29 is 4.39 Å². The van der Waals surface area contributed by atoms with Gasteiger partial charge in [-0.1, -0.05) is 26.3 Å². The van der Waals surface area contributed by atoms with Gasteiger partial charge in [0.15, 0.2) is 0 Å². The topological polar surface area (TPSA) is 3.24 Å². The third-order valence-corrected chi connectivity index (χ3v) is 3.36. The van der Waals surface area contributed by atoms with E-state index in [1.54, 1.807) is 0 Å². The standard InChI is InChI=1S/C13H19BrFN/c1-4-10(2)8-16(3)9-11-5-6-13(15)12(14)7-11/h5-7,10H,4,8-9H2,1-3H3. The molecular weight excluding hydrogens is 269 g/mol. The third kappa shape index (κ3) is 4.22. The lowest BCUT2D eigenvalue weighted by Crippen LogP contribution is -2.23. The SMILES string of the molecule is CCC(C)CN(C)Cc1ccc(F)c(Br)c1. The van der Waals surface area contributed by atoms with E-state index in [-0.39, 0.29) is 5.82 Å². The van der Waals surface area contributed by atoms with Crippen LogP contribution >= 0.6 is 15.9 Å². The first kappa shape index (κ1) is 13.7. The molecule has 1 nitrogen and oxygen atoms in total. The van der Waals surface area contributed by atoms with Gasteiger partial charge in [0.2, 0.25) is 0 Å². The predicted octanol–water partition coefficient (Wildman–Crippen LogP) is 4.07. The molecule has 0 fully saturated rings. The molecule has 0 amide bonds. The minimum absolute atomic E-state index is 0.201. The molecule has 0 aliphatic rings. The molecule has 0 saturated heterocycles. The van der Waals surface area contributed by atoms with Gasteiger partial charge in [-0.25, -0.2) is 4.39 Å².